The Morgan fingerprint density at radius 1 is 1.00 bits per heavy atom. The van der Waals surface area contributed by atoms with E-state index in [1.54, 1.807) is 18.2 Å². The first-order valence-corrected chi connectivity index (χ1v) is 12.0. The zero-order valence-corrected chi connectivity index (χ0v) is 20.1. The van der Waals surface area contributed by atoms with Gasteiger partial charge in [-0.15, -0.1) is 0 Å². The predicted molar refractivity (Wildman–Crippen MR) is 139 cm³/mol. The Morgan fingerprint density at radius 2 is 1.73 bits per heavy atom. The van der Waals surface area contributed by atoms with Crippen LogP contribution in [0.15, 0.2) is 91.0 Å². The number of carbonyl (C=O) groups is 1. The smallest absolute Gasteiger partial charge is 0.416 e. The number of anilines is 2. The Kier molecular flexibility index (Phi) is 6.76. The average Bonchev–Trinajstić information content (AvgIpc) is 2.90. The van der Waals surface area contributed by atoms with E-state index in [0.29, 0.717) is 18.0 Å². The van der Waals surface area contributed by atoms with Crippen molar-refractivity contribution in [2.24, 2.45) is 0 Å². The van der Waals surface area contributed by atoms with Crippen molar-refractivity contribution < 1.29 is 22.7 Å². The second kappa shape index (κ2) is 10.1. The lowest BCUT2D eigenvalue weighted by Crippen LogP contribution is -2.49. The molecule has 0 bridgehead atoms. The normalized spacial score (nSPS) is 16.1. The molecule has 2 amide bonds. The Balaban J connectivity index is 1.31. The van der Waals surface area contributed by atoms with E-state index in [0.717, 1.165) is 23.1 Å². The van der Waals surface area contributed by atoms with Crippen molar-refractivity contribution in [2.75, 3.05) is 23.3 Å². The highest BCUT2D eigenvalue weighted by atomic mass is 19.4. The van der Waals surface area contributed by atoms with Crippen LogP contribution in [0.4, 0.5) is 29.3 Å². The van der Waals surface area contributed by atoms with Gasteiger partial charge in [-0.2, -0.15) is 13.2 Å². The van der Waals surface area contributed by atoms with E-state index in [9.17, 15) is 18.0 Å². The number of amides is 2. The van der Waals surface area contributed by atoms with E-state index in [2.05, 4.69) is 41.8 Å². The maximum absolute atomic E-state index is 13.2. The van der Waals surface area contributed by atoms with Gasteiger partial charge in [-0.1, -0.05) is 60.7 Å². The number of nitrogens with one attached hydrogen (secondary N) is 2. The summed E-state index contributed by atoms with van der Waals surface area (Å²) in [5.41, 5.74) is 0.971. The number of halogens is 3. The van der Waals surface area contributed by atoms with Crippen molar-refractivity contribution in [1.29, 1.82) is 0 Å². The van der Waals surface area contributed by atoms with Gasteiger partial charge in [-0.05, 0) is 53.6 Å². The third kappa shape index (κ3) is 5.39. The summed E-state index contributed by atoms with van der Waals surface area (Å²) in [6.07, 6.45) is -4.86. The largest absolute Gasteiger partial charge is 0.485 e. The summed E-state index contributed by atoms with van der Waals surface area (Å²) in [5, 5.41) is 8.45. The third-order valence-corrected chi connectivity index (χ3v) is 6.46. The fourth-order valence-corrected chi connectivity index (χ4v) is 4.61. The Hall–Kier alpha value is -4.04. The molecule has 0 radical (unpaired) electrons. The Bertz CT molecular complexity index is 1420. The minimum atomic E-state index is -4.50. The molecule has 1 unspecified atom stereocenters. The average molecular weight is 506 g/mol. The number of rotatable bonds is 5. The summed E-state index contributed by atoms with van der Waals surface area (Å²) < 4.78 is 45.5. The van der Waals surface area contributed by atoms with E-state index in [4.69, 9.17) is 4.74 Å². The molecule has 0 aliphatic carbocycles. The van der Waals surface area contributed by atoms with Gasteiger partial charge in [0.2, 0.25) is 0 Å². The molecule has 5 nitrogen and oxygen atoms in total. The van der Waals surface area contributed by atoms with Crippen LogP contribution in [0.5, 0.6) is 5.75 Å². The van der Waals surface area contributed by atoms with Gasteiger partial charge in [0.05, 0.1) is 17.8 Å². The van der Waals surface area contributed by atoms with Crippen LogP contribution >= 0.6 is 0 Å². The first kappa shape index (κ1) is 24.6. The van der Waals surface area contributed by atoms with Gasteiger partial charge in [-0.25, -0.2) is 4.79 Å². The lowest BCUT2D eigenvalue weighted by molar-refractivity contribution is -0.137. The fraction of sp³-hybridized carbons (Fsp3) is 0.207. The lowest BCUT2D eigenvalue weighted by atomic mass is 9.99. The van der Waals surface area contributed by atoms with Crippen LogP contribution in [0.25, 0.3) is 10.8 Å². The van der Waals surface area contributed by atoms with Crippen LogP contribution in [0.3, 0.4) is 0 Å². The van der Waals surface area contributed by atoms with Crippen LogP contribution in [-0.2, 0) is 6.18 Å². The van der Waals surface area contributed by atoms with Gasteiger partial charge in [0.25, 0.3) is 0 Å². The van der Waals surface area contributed by atoms with Gasteiger partial charge >= 0.3 is 12.2 Å². The van der Waals surface area contributed by atoms with Gasteiger partial charge in [-0.3, -0.25) is 4.90 Å². The number of nitrogens with zero attached hydrogens (tertiary/aromatic N) is 1. The van der Waals surface area contributed by atoms with E-state index in [1.807, 2.05) is 24.3 Å². The number of para-hydroxylation sites is 2. The van der Waals surface area contributed by atoms with Crippen LogP contribution < -0.4 is 20.3 Å². The standard InChI is InChI=1S/C29H26F3N3O2/c1-19(24-13-6-9-20-8-2-3-12-25(20)24)33-17-23-18-35(26-14-4-5-15-27(26)37-23)28(36)34-22-11-7-10-21(16-22)29(30,31)32/h2-16,19,23,33H,17-18H2,1H3,(H,34,36)/t19-,23?/m1/s1. The molecule has 4 aromatic carbocycles. The zero-order chi connectivity index (χ0) is 26.0. The first-order valence-electron chi connectivity index (χ1n) is 12.0. The van der Waals surface area contributed by atoms with E-state index >= 15 is 0 Å². The summed E-state index contributed by atoms with van der Waals surface area (Å²) in [4.78, 5) is 14.7. The zero-order valence-electron chi connectivity index (χ0n) is 20.1. The number of hydrogen-bond acceptors (Lipinski definition) is 3. The van der Waals surface area contributed by atoms with Crippen molar-refractivity contribution in [3.63, 3.8) is 0 Å². The molecule has 0 fully saturated rings. The maximum atomic E-state index is 13.2. The molecule has 2 atom stereocenters. The quantitative estimate of drug-likeness (QED) is 0.307. The number of fused-ring (bicyclic) bond motifs is 2. The van der Waals surface area contributed by atoms with E-state index in [1.165, 1.54) is 22.4 Å². The summed E-state index contributed by atoms with van der Waals surface area (Å²) >= 11 is 0. The molecule has 0 spiro atoms. The summed E-state index contributed by atoms with van der Waals surface area (Å²) in [6.45, 7) is 2.78. The lowest BCUT2D eigenvalue weighted by Gasteiger charge is -2.35. The monoisotopic (exact) mass is 505 g/mol. The minimum absolute atomic E-state index is 0.0271. The highest BCUT2D eigenvalue weighted by molar-refractivity contribution is 6.03. The molecule has 5 rings (SSSR count). The molecule has 0 saturated carbocycles. The molecule has 37 heavy (non-hydrogen) atoms. The Morgan fingerprint density at radius 3 is 2.57 bits per heavy atom. The molecule has 1 aliphatic rings. The van der Waals surface area contributed by atoms with Crippen molar-refractivity contribution in [3.8, 4) is 5.75 Å². The number of benzene rings is 4. The van der Waals surface area contributed by atoms with Crippen LogP contribution in [0, 0.1) is 0 Å². The summed E-state index contributed by atoms with van der Waals surface area (Å²) in [6, 6.07) is 25.6. The number of ether oxygens (including phenoxy) is 1. The maximum Gasteiger partial charge on any atom is 0.416 e. The third-order valence-electron chi connectivity index (χ3n) is 6.46. The van der Waals surface area contributed by atoms with Crippen molar-refractivity contribution in [1.82, 2.24) is 5.32 Å². The van der Waals surface area contributed by atoms with Crippen molar-refractivity contribution in [3.05, 3.63) is 102 Å². The first-order chi connectivity index (χ1) is 17.8. The molecular weight excluding hydrogens is 479 g/mol. The second-order valence-corrected chi connectivity index (χ2v) is 9.03. The van der Waals surface area contributed by atoms with Crippen molar-refractivity contribution in [2.45, 2.75) is 25.2 Å². The molecule has 1 heterocycles. The number of urea groups is 1. The summed E-state index contributed by atoms with van der Waals surface area (Å²) in [7, 11) is 0. The van der Waals surface area contributed by atoms with Gasteiger partial charge in [0, 0.05) is 18.3 Å². The SMILES string of the molecule is C[C@@H](NCC1CN(C(=O)Nc2cccc(C(F)(F)F)c2)c2ccccc2O1)c1cccc2ccccc12. The van der Waals surface area contributed by atoms with E-state index < -0.39 is 17.8 Å². The Labute approximate surface area is 212 Å². The predicted octanol–water partition coefficient (Wildman–Crippen LogP) is 7.01. The van der Waals surface area contributed by atoms with Crippen LogP contribution in [-0.4, -0.2) is 25.2 Å². The molecule has 8 heteroatoms. The number of alkyl halides is 3. The van der Waals surface area contributed by atoms with Gasteiger partial charge in [0.15, 0.2) is 0 Å². The highest BCUT2D eigenvalue weighted by Gasteiger charge is 2.32. The minimum Gasteiger partial charge on any atom is -0.485 e. The topological polar surface area (TPSA) is 53.6 Å². The van der Waals surface area contributed by atoms with Gasteiger partial charge < -0.3 is 15.4 Å². The number of hydrogen-bond donors (Lipinski definition) is 2. The van der Waals surface area contributed by atoms with Crippen LogP contribution in [0.2, 0.25) is 0 Å². The molecule has 0 aromatic heterocycles. The molecule has 4 aromatic rings. The molecule has 0 saturated heterocycles. The molecule has 1 aliphatic heterocycles. The van der Waals surface area contributed by atoms with Crippen molar-refractivity contribution >= 4 is 28.2 Å². The number of carbonyl (C=O) groups excluding carboxylic acids is 1. The molecular formula is C29H26F3N3O2. The molecule has 2 N–H and O–H groups in total. The molecule has 190 valence electrons. The highest BCUT2D eigenvalue weighted by Crippen LogP contribution is 2.35. The second-order valence-electron chi connectivity index (χ2n) is 9.03. The summed E-state index contributed by atoms with van der Waals surface area (Å²) in [5.74, 6) is 0.539. The van der Waals surface area contributed by atoms with E-state index in [-0.39, 0.29) is 24.4 Å². The van der Waals surface area contributed by atoms with Crippen LogP contribution in [0.1, 0.15) is 24.1 Å². The van der Waals surface area contributed by atoms with Gasteiger partial charge in [0.1, 0.15) is 11.9 Å². The fourth-order valence-electron chi connectivity index (χ4n) is 4.61.